The van der Waals surface area contributed by atoms with E-state index in [0.717, 1.165) is 16.9 Å². The quantitative estimate of drug-likeness (QED) is 0.729. The summed E-state index contributed by atoms with van der Waals surface area (Å²) >= 11 is 0. The van der Waals surface area contributed by atoms with Crippen molar-refractivity contribution in [3.63, 3.8) is 0 Å². The second-order valence-corrected chi connectivity index (χ2v) is 5.26. The second kappa shape index (κ2) is 8.72. The Balaban J connectivity index is 2.11. The molecule has 126 valence electrons. The van der Waals surface area contributed by atoms with Gasteiger partial charge in [-0.25, -0.2) is 0 Å². The Kier molecular flexibility index (Phi) is 6.37. The minimum absolute atomic E-state index is 0.0437. The molecule has 5 nitrogen and oxygen atoms in total. The number of benzene rings is 2. The molecule has 0 saturated carbocycles. The van der Waals surface area contributed by atoms with Gasteiger partial charge in [-0.1, -0.05) is 30.3 Å². The highest BCUT2D eigenvalue weighted by atomic mass is 16.5. The zero-order valence-corrected chi connectivity index (χ0v) is 13.6. The monoisotopic (exact) mass is 327 g/mol. The second-order valence-electron chi connectivity index (χ2n) is 5.26. The van der Waals surface area contributed by atoms with Gasteiger partial charge < -0.3 is 15.2 Å². The van der Waals surface area contributed by atoms with Crippen LogP contribution in [0.3, 0.4) is 0 Å². The van der Waals surface area contributed by atoms with Gasteiger partial charge in [0.25, 0.3) is 5.91 Å². The minimum Gasteiger partial charge on any atom is -0.493 e. The number of carbonyl (C=O) groups excluding carboxylic acids is 1. The van der Waals surface area contributed by atoms with Crippen LogP contribution in [-0.2, 0) is 4.79 Å². The summed E-state index contributed by atoms with van der Waals surface area (Å²) in [6, 6.07) is 15.0. The molecule has 0 aromatic heterocycles. The van der Waals surface area contributed by atoms with E-state index in [-0.39, 0.29) is 12.3 Å². The number of ether oxygens (including phenoxy) is 1. The van der Waals surface area contributed by atoms with Crippen molar-refractivity contribution in [2.75, 3.05) is 13.2 Å². The predicted octanol–water partition coefficient (Wildman–Crippen LogP) is 3.35. The Morgan fingerprint density at radius 2 is 1.92 bits per heavy atom. The van der Waals surface area contributed by atoms with Crippen molar-refractivity contribution in [2.24, 2.45) is 0 Å². The molecule has 1 amide bonds. The van der Waals surface area contributed by atoms with E-state index < -0.39 is 5.97 Å². The summed E-state index contributed by atoms with van der Waals surface area (Å²) in [6.07, 6.45) is 0.454. The van der Waals surface area contributed by atoms with Gasteiger partial charge in [-0.05, 0) is 37.1 Å². The van der Waals surface area contributed by atoms with Crippen molar-refractivity contribution < 1.29 is 19.4 Å². The van der Waals surface area contributed by atoms with Gasteiger partial charge in [0.05, 0.1) is 6.61 Å². The zero-order valence-electron chi connectivity index (χ0n) is 13.6. The van der Waals surface area contributed by atoms with Gasteiger partial charge in [0.1, 0.15) is 5.75 Å². The van der Waals surface area contributed by atoms with Crippen LogP contribution in [0.1, 0.15) is 30.1 Å². The number of carbonyl (C=O) groups is 2. The van der Waals surface area contributed by atoms with Crippen LogP contribution in [0, 0.1) is 0 Å². The summed E-state index contributed by atoms with van der Waals surface area (Å²) < 4.78 is 5.64. The molecule has 5 heteroatoms. The fraction of sp³-hybridized carbons (Fsp3) is 0.263. The van der Waals surface area contributed by atoms with Crippen LogP contribution in [0.4, 0.5) is 0 Å². The Morgan fingerprint density at radius 1 is 1.12 bits per heavy atom. The van der Waals surface area contributed by atoms with Gasteiger partial charge in [-0.3, -0.25) is 9.59 Å². The maximum atomic E-state index is 12.2. The molecule has 0 heterocycles. The topological polar surface area (TPSA) is 75.6 Å². The lowest BCUT2D eigenvalue weighted by atomic mass is 10.0. The molecule has 0 atom stereocenters. The lowest BCUT2D eigenvalue weighted by Crippen LogP contribution is -2.24. The van der Waals surface area contributed by atoms with Crippen LogP contribution in [0.15, 0.2) is 48.5 Å². The molecule has 0 unspecified atom stereocenters. The molecule has 2 aromatic carbocycles. The minimum atomic E-state index is -0.862. The molecule has 24 heavy (non-hydrogen) atoms. The summed E-state index contributed by atoms with van der Waals surface area (Å²) in [5.41, 5.74) is 2.37. The average Bonchev–Trinajstić information content (AvgIpc) is 2.59. The third kappa shape index (κ3) is 4.84. The Hall–Kier alpha value is -2.82. The highest BCUT2D eigenvalue weighted by molar-refractivity contribution is 5.95. The van der Waals surface area contributed by atoms with Crippen LogP contribution in [0.2, 0.25) is 0 Å². The molecule has 0 saturated heterocycles. The van der Waals surface area contributed by atoms with E-state index in [2.05, 4.69) is 5.32 Å². The smallest absolute Gasteiger partial charge is 0.303 e. The van der Waals surface area contributed by atoms with E-state index in [1.54, 1.807) is 6.07 Å². The summed E-state index contributed by atoms with van der Waals surface area (Å²) in [4.78, 5) is 22.7. The Labute approximate surface area is 141 Å². The van der Waals surface area contributed by atoms with Crippen LogP contribution in [-0.4, -0.2) is 30.1 Å². The molecule has 2 aromatic rings. The van der Waals surface area contributed by atoms with E-state index in [4.69, 9.17) is 9.84 Å². The Bertz CT molecular complexity index is 712. The molecule has 0 radical (unpaired) electrons. The first-order valence-electron chi connectivity index (χ1n) is 7.94. The number of carboxylic acids is 1. The van der Waals surface area contributed by atoms with Crippen molar-refractivity contribution in [1.29, 1.82) is 0 Å². The molecule has 0 aliphatic carbocycles. The van der Waals surface area contributed by atoms with Gasteiger partial charge in [-0.2, -0.15) is 0 Å². The number of aliphatic carboxylic acids is 1. The third-order valence-electron chi connectivity index (χ3n) is 3.48. The number of nitrogens with one attached hydrogen (secondary N) is 1. The van der Waals surface area contributed by atoms with E-state index in [0.29, 0.717) is 25.1 Å². The number of amides is 1. The van der Waals surface area contributed by atoms with E-state index in [1.165, 1.54) is 0 Å². The van der Waals surface area contributed by atoms with Gasteiger partial charge in [0, 0.05) is 24.1 Å². The molecule has 2 N–H and O–H groups in total. The molecular weight excluding hydrogens is 306 g/mol. The molecule has 0 spiro atoms. The van der Waals surface area contributed by atoms with E-state index in [1.807, 2.05) is 49.4 Å². The normalized spacial score (nSPS) is 10.2. The highest BCUT2D eigenvalue weighted by Crippen LogP contribution is 2.30. The third-order valence-corrected chi connectivity index (χ3v) is 3.48. The number of para-hydroxylation sites is 1. The van der Waals surface area contributed by atoms with Crippen molar-refractivity contribution in [3.05, 3.63) is 54.1 Å². The molecule has 2 rings (SSSR count). The molecule has 0 aliphatic rings. The van der Waals surface area contributed by atoms with Gasteiger partial charge >= 0.3 is 5.97 Å². The summed E-state index contributed by atoms with van der Waals surface area (Å²) in [6.45, 7) is 2.84. The van der Waals surface area contributed by atoms with Crippen LogP contribution in [0.25, 0.3) is 11.1 Å². The first-order valence-corrected chi connectivity index (χ1v) is 7.94. The first-order chi connectivity index (χ1) is 11.6. The van der Waals surface area contributed by atoms with Crippen molar-refractivity contribution >= 4 is 11.9 Å². The van der Waals surface area contributed by atoms with Gasteiger partial charge in [0.15, 0.2) is 0 Å². The molecule has 0 fully saturated rings. The first kappa shape index (κ1) is 17.5. The number of hydrogen-bond donors (Lipinski definition) is 2. The number of rotatable bonds is 8. The lowest BCUT2D eigenvalue weighted by Gasteiger charge is -2.11. The predicted molar refractivity (Wildman–Crippen MR) is 92.3 cm³/mol. The van der Waals surface area contributed by atoms with E-state index >= 15 is 0 Å². The SMILES string of the molecule is CCOc1ccccc1-c1cccc(C(=O)NCCCC(=O)O)c1. The average molecular weight is 327 g/mol. The molecule has 0 bridgehead atoms. The molecule has 0 aliphatic heterocycles. The summed E-state index contributed by atoms with van der Waals surface area (Å²) in [7, 11) is 0. The lowest BCUT2D eigenvalue weighted by molar-refractivity contribution is -0.137. The molecular formula is C19H21NO4. The largest absolute Gasteiger partial charge is 0.493 e. The summed E-state index contributed by atoms with van der Waals surface area (Å²) in [5.74, 6) is -0.297. The van der Waals surface area contributed by atoms with Crippen LogP contribution < -0.4 is 10.1 Å². The zero-order chi connectivity index (χ0) is 17.4. The van der Waals surface area contributed by atoms with Gasteiger partial charge in [0.2, 0.25) is 0 Å². The van der Waals surface area contributed by atoms with Crippen molar-refractivity contribution in [2.45, 2.75) is 19.8 Å². The van der Waals surface area contributed by atoms with Crippen LogP contribution >= 0.6 is 0 Å². The Morgan fingerprint density at radius 3 is 2.67 bits per heavy atom. The van der Waals surface area contributed by atoms with Gasteiger partial charge in [-0.15, -0.1) is 0 Å². The standard InChI is InChI=1S/C19H21NO4/c1-2-24-17-10-4-3-9-16(17)14-7-5-8-15(13-14)19(23)20-12-6-11-18(21)22/h3-5,7-10,13H,2,6,11-12H2,1H3,(H,20,23)(H,21,22). The highest BCUT2D eigenvalue weighted by Gasteiger charge is 2.10. The fourth-order valence-electron chi connectivity index (χ4n) is 2.36. The van der Waals surface area contributed by atoms with Crippen molar-refractivity contribution in [3.8, 4) is 16.9 Å². The summed E-state index contributed by atoms with van der Waals surface area (Å²) in [5, 5.41) is 11.3. The van der Waals surface area contributed by atoms with E-state index in [9.17, 15) is 9.59 Å². The number of hydrogen-bond acceptors (Lipinski definition) is 3. The fourth-order valence-corrected chi connectivity index (χ4v) is 2.36. The maximum Gasteiger partial charge on any atom is 0.303 e. The number of carboxylic acid groups (broad SMARTS) is 1. The maximum absolute atomic E-state index is 12.2. The van der Waals surface area contributed by atoms with Crippen LogP contribution in [0.5, 0.6) is 5.75 Å². The van der Waals surface area contributed by atoms with Crippen molar-refractivity contribution in [1.82, 2.24) is 5.32 Å².